The third-order valence-electron chi connectivity index (χ3n) is 9.46. The Labute approximate surface area is 286 Å². The Morgan fingerprint density at radius 3 is 1.60 bits per heavy atom. The predicted octanol–water partition coefficient (Wildman–Crippen LogP) is 13.2. The first-order valence-corrected chi connectivity index (χ1v) is 17.0. The van der Waals surface area contributed by atoms with Gasteiger partial charge in [0, 0.05) is 28.0 Å². The second-order valence-corrected chi connectivity index (χ2v) is 15.5. The average Bonchev–Trinajstić information content (AvgIpc) is 3.28. The van der Waals surface area contributed by atoms with Crippen molar-refractivity contribution in [1.82, 2.24) is 4.57 Å². The highest BCUT2D eigenvalue weighted by Crippen LogP contribution is 2.45. The Balaban J connectivity index is 1.58. The van der Waals surface area contributed by atoms with Crippen molar-refractivity contribution in [2.45, 2.75) is 80.1 Å². The quantitative estimate of drug-likeness (QED) is 0.182. The van der Waals surface area contributed by atoms with Crippen LogP contribution in [0.5, 0.6) is 0 Å². The van der Waals surface area contributed by atoms with E-state index in [2.05, 4.69) is 182 Å². The van der Waals surface area contributed by atoms with Gasteiger partial charge in [0.25, 0.3) is 0 Å². The van der Waals surface area contributed by atoms with Gasteiger partial charge in [-0.3, -0.25) is 0 Å². The molecule has 0 aliphatic rings. The van der Waals surface area contributed by atoms with Gasteiger partial charge in [-0.05, 0) is 109 Å². The summed E-state index contributed by atoms with van der Waals surface area (Å²) in [5.74, 6) is 0. The molecule has 0 atom stereocenters. The number of anilines is 3. The summed E-state index contributed by atoms with van der Waals surface area (Å²) in [6, 6.07) is 37.5. The fourth-order valence-corrected chi connectivity index (χ4v) is 7.36. The van der Waals surface area contributed by atoms with E-state index in [-0.39, 0.29) is 10.8 Å². The van der Waals surface area contributed by atoms with Crippen LogP contribution in [0.25, 0.3) is 27.7 Å². The first-order chi connectivity index (χ1) is 22.2. The number of nitrogens with zero attached hydrogens (tertiary/aromatic N) is 2. The lowest BCUT2D eigenvalue weighted by Crippen LogP contribution is -2.15. The van der Waals surface area contributed by atoms with Crippen molar-refractivity contribution < 1.29 is 0 Å². The van der Waals surface area contributed by atoms with Gasteiger partial charge in [0.15, 0.2) is 0 Å². The van der Waals surface area contributed by atoms with Crippen molar-refractivity contribution in [3.63, 3.8) is 0 Å². The monoisotopic (exact) mass is 638 g/mol. The zero-order valence-corrected chi connectivity index (χ0v) is 30.3. The number of halogens is 1. The Kier molecular flexibility index (Phi) is 8.39. The van der Waals surface area contributed by atoms with E-state index in [0.717, 1.165) is 28.3 Å². The largest absolute Gasteiger partial charge is 0.312 e. The molecule has 2 nitrogen and oxygen atoms in total. The van der Waals surface area contributed by atoms with E-state index in [1.165, 1.54) is 50.0 Å². The van der Waals surface area contributed by atoms with Gasteiger partial charge >= 0.3 is 0 Å². The van der Waals surface area contributed by atoms with Gasteiger partial charge in [-0.15, -0.1) is 0 Å². The van der Waals surface area contributed by atoms with Crippen LogP contribution < -0.4 is 4.90 Å². The number of para-hydroxylation sites is 1. The molecule has 1 aromatic heterocycles. The summed E-state index contributed by atoms with van der Waals surface area (Å²) in [7, 11) is 0. The summed E-state index contributed by atoms with van der Waals surface area (Å²) in [6.45, 7) is 22.4. The molecule has 0 spiro atoms. The highest BCUT2D eigenvalue weighted by Gasteiger charge is 2.24. The van der Waals surface area contributed by atoms with E-state index in [1.807, 2.05) is 0 Å². The fraction of sp³-hybridized carbons (Fsp3) is 0.273. The number of benzene rings is 5. The smallest absolute Gasteiger partial charge is 0.0886 e. The molecule has 1 heterocycles. The molecule has 0 saturated carbocycles. The molecule has 3 heteroatoms. The van der Waals surface area contributed by atoms with E-state index >= 15 is 0 Å². The van der Waals surface area contributed by atoms with Gasteiger partial charge in [-0.25, -0.2) is 0 Å². The molecule has 6 aromatic rings. The minimum atomic E-state index is 0.0636. The van der Waals surface area contributed by atoms with Crippen LogP contribution in [0, 0.1) is 27.7 Å². The maximum atomic E-state index is 7.59. The summed E-state index contributed by atoms with van der Waals surface area (Å²) < 4.78 is 2.35. The molecule has 0 fully saturated rings. The summed E-state index contributed by atoms with van der Waals surface area (Å²) >= 11 is 7.59. The van der Waals surface area contributed by atoms with E-state index < -0.39 is 0 Å². The second kappa shape index (κ2) is 12.1. The van der Waals surface area contributed by atoms with Crippen LogP contribution >= 0.6 is 11.6 Å². The molecule has 0 aliphatic heterocycles. The van der Waals surface area contributed by atoms with Crippen LogP contribution in [0.1, 0.15) is 75.1 Å². The Morgan fingerprint density at radius 2 is 1.09 bits per heavy atom. The maximum absolute atomic E-state index is 7.59. The Morgan fingerprint density at radius 1 is 0.574 bits per heavy atom. The predicted molar refractivity (Wildman–Crippen MR) is 205 cm³/mol. The number of hydrogen-bond donors (Lipinski definition) is 0. The number of aromatic nitrogens is 1. The summed E-state index contributed by atoms with van der Waals surface area (Å²) in [4.78, 5) is 2.29. The fourth-order valence-electron chi connectivity index (χ4n) is 7.07. The summed E-state index contributed by atoms with van der Waals surface area (Å²) in [5, 5.41) is 1.94. The lowest BCUT2D eigenvalue weighted by atomic mass is 9.86. The first-order valence-electron chi connectivity index (χ1n) is 16.6. The molecule has 0 bridgehead atoms. The topological polar surface area (TPSA) is 8.17 Å². The molecule has 240 valence electrons. The van der Waals surface area contributed by atoms with Crippen molar-refractivity contribution in [3.8, 4) is 16.8 Å². The Bertz CT molecular complexity index is 2000. The van der Waals surface area contributed by atoms with Crippen LogP contribution in [0.4, 0.5) is 17.1 Å². The molecule has 0 saturated heterocycles. The van der Waals surface area contributed by atoms with E-state index in [4.69, 9.17) is 11.6 Å². The number of aryl methyl sites for hydroxylation is 3. The SMILES string of the molecule is Cc1cc(C)c(-c2c(C)n(-c3cccc(N(c4ccc(C(C)(C)C)cc4)c4ccc(C(C)(C)C)cc4)c3Cl)c3ccccc23)c(C)c1. The van der Waals surface area contributed by atoms with Crippen LogP contribution in [0.15, 0.2) is 103 Å². The molecule has 0 unspecified atom stereocenters. The lowest BCUT2D eigenvalue weighted by Gasteiger charge is -2.29. The van der Waals surface area contributed by atoms with Gasteiger partial charge in [0.05, 0.1) is 21.9 Å². The lowest BCUT2D eigenvalue weighted by molar-refractivity contribution is 0.590. The summed E-state index contributed by atoms with van der Waals surface area (Å²) in [5.41, 5.74) is 15.5. The number of hydrogen-bond acceptors (Lipinski definition) is 1. The van der Waals surface area contributed by atoms with Crippen molar-refractivity contribution in [1.29, 1.82) is 0 Å². The standard InChI is InChI=1S/C44H47ClN2/c1-28-26-29(2)40(30(3)27-28)41-31(4)46(37-15-12-11-14-36(37)41)38-16-13-17-39(42(38)45)47(34-22-18-32(19-23-34)43(5,6)7)35-24-20-33(21-25-35)44(8,9)10/h11-27H,1-10H3. The molecule has 5 aromatic carbocycles. The molecule has 0 radical (unpaired) electrons. The minimum absolute atomic E-state index is 0.0636. The first kappa shape index (κ1) is 32.7. The van der Waals surface area contributed by atoms with Crippen molar-refractivity contribution in [2.24, 2.45) is 0 Å². The highest BCUT2D eigenvalue weighted by atomic mass is 35.5. The van der Waals surface area contributed by atoms with Crippen LogP contribution in [-0.4, -0.2) is 4.57 Å². The van der Waals surface area contributed by atoms with Gasteiger partial charge in [0.2, 0.25) is 0 Å². The Hall–Kier alpha value is -4.27. The average molecular weight is 639 g/mol. The van der Waals surface area contributed by atoms with Crippen molar-refractivity contribution in [2.75, 3.05) is 4.90 Å². The van der Waals surface area contributed by atoms with E-state index in [0.29, 0.717) is 5.02 Å². The maximum Gasteiger partial charge on any atom is 0.0886 e. The zero-order valence-electron chi connectivity index (χ0n) is 29.6. The van der Waals surface area contributed by atoms with Crippen molar-refractivity contribution in [3.05, 3.63) is 142 Å². The molecule has 0 amide bonds. The third-order valence-corrected chi connectivity index (χ3v) is 9.85. The third kappa shape index (κ3) is 6.01. The second-order valence-electron chi connectivity index (χ2n) is 15.1. The molecular formula is C44H47ClN2. The van der Waals surface area contributed by atoms with E-state index in [9.17, 15) is 0 Å². The van der Waals surface area contributed by atoms with Gasteiger partial charge < -0.3 is 9.47 Å². The van der Waals surface area contributed by atoms with Crippen LogP contribution in [0.2, 0.25) is 5.02 Å². The van der Waals surface area contributed by atoms with Gasteiger partial charge in [-0.2, -0.15) is 0 Å². The van der Waals surface area contributed by atoms with Crippen molar-refractivity contribution >= 4 is 39.6 Å². The minimum Gasteiger partial charge on any atom is -0.312 e. The summed E-state index contributed by atoms with van der Waals surface area (Å²) in [6.07, 6.45) is 0. The highest BCUT2D eigenvalue weighted by molar-refractivity contribution is 6.35. The molecular weight excluding hydrogens is 592 g/mol. The molecule has 0 aliphatic carbocycles. The van der Waals surface area contributed by atoms with Gasteiger partial charge in [-0.1, -0.05) is 119 Å². The molecule has 0 N–H and O–H groups in total. The molecule has 6 rings (SSSR count). The van der Waals surface area contributed by atoms with E-state index in [1.54, 1.807) is 0 Å². The number of rotatable bonds is 5. The van der Waals surface area contributed by atoms with Gasteiger partial charge in [0.1, 0.15) is 0 Å². The normalized spacial score (nSPS) is 12.1. The molecule has 47 heavy (non-hydrogen) atoms. The number of fused-ring (bicyclic) bond motifs is 1. The zero-order chi connectivity index (χ0) is 33.8. The van der Waals surface area contributed by atoms with Crippen LogP contribution in [0.3, 0.4) is 0 Å². The van der Waals surface area contributed by atoms with Crippen LogP contribution in [-0.2, 0) is 10.8 Å².